The maximum absolute atomic E-state index is 6.15. The van der Waals surface area contributed by atoms with Crippen molar-refractivity contribution in [3.8, 4) is 11.5 Å². The molecule has 5 heteroatoms. The summed E-state index contributed by atoms with van der Waals surface area (Å²) in [4.78, 5) is 0. The molecule has 112 valence electrons. The fourth-order valence-electron chi connectivity index (χ4n) is 1.93. The number of ether oxygens (including phenoxy) is 2. The largest absolute Gasteiger partial charge is 0.493 e. The zero-order valence-corrected chi connectivity index (χ0v) is 13.5. The van der Waals surface area contributed by atoms with Gasteiger partial charge in [-0.25, -0.2) is 0 Å². The summed E-state index contributed by atoms with van der Waals surface area (Å²) in [7, 11) is 1.63. The third-order valence-corrected chi connectivity index (χ3v) is 3.78. The van der Waals surface area contributed by atoms with Crippen LogP contribution in [0.25, 0.3) is 0 Å². The van der Waals surface area contributed by atoms with Gasteiger partial charge in [0.2, 0.25) is 0 Å². The number of rotatable bonds is 6. The summed E-state index contributed by atoms with van der Waals surface area (Å²) < 4.78 is 10.8. The number of hydrogen-bond donors (Lipinski definition) is 1. The van der Waals surface area contributed by atoms with Crippen molar-refractivity contribution >= 4 is 28.9 Å². The van der Waals surface area contributed by atoms with Crippen molar-refractivity contribution in [2.24, 2.45) is 0 Å². The first-order valence-electron chi connectivity index (χ1n) is 6.63. The van der Waals surface area contributed by atoms with Gasteiger partial charge in [-0.3, -0.25) is 0 Å². The van der Waals surface area contributed by atoms with E-state index in [1.807, 2.05) is 37.3 Å². The van der Waals surface area contributed by atoms with Crippen LogP contribution in [0.3, 0.4) is 0 Å². The summed E-state index contributed by atoms with van der Waals surface area (Å²) in [6.07, 6.45) is 0. The Balaban J connectivity index is 2.11. The van der Waals surface area contributed by atoms with Crippen LogP contribution in [-0.4, -0.2) is 13.7 Å². The molecule has 2 aromatic rings. The van der Waals surface area contributed by atoms with Gasteiger partial charge in [0.15, 0.2) is 11.5 Å². The van der Waals surface area contributed by atoms with E-state index in [-0.39, 0.29) is 0 Å². The summed E-state index contributed by atoms with van der Waals surface area (Å²) in [6.45, 7) is 3.16. The van der Waals surface area contributed by atoms with Crippen molar-refractivity contribution in [3.05, 3.63) is 52.0 Å². The minimum absolute atomic E-state index is 0.525. The average Bonchev–Trinajstić information content (AvgIpc) is 2.50. The van der Waals surface area contributed by atoms with Gasteiger partial charge in [0.25, 0.3) is 0 Å². The molecule has 0 aromatic heterocycles. The highest BCUT2D eigenvalue weighted by molar-refractivity contribution is 6.43. The number of methoxy groups -OCH3 is 1. The molecule has 0 radical (unpaired) electrons. The Morgan fingerprint density at radius 2 is 1.90 bits per heavy atom. The molecule has 2 rings (SSSR count). The Kier molecular flexibility index (Phi) is 5.59. The number of nitrogens with one attached hydrogen (secondary N) is 1. The molecule has 0 aliphatic carbocycles. The van der Waals surface area contributed by atoms with Gasteiger partial charge in [-0.1, -0.05) is 35.3 Å². The Hall–Kier alpha value is -1.58. The number of halogens is 2. The molecule has 0 saturated heterocycles. The van der Waals surface area contributed by atoms with Crippen molar-refractivity contribution in [3.63, 3.8) is 0 Å². The van der Waals surface area contributed by atoms with Gasteiger partial charge in [0, 0.05) is 6.54 Å². The predicted molar refractivity (Wildman–Crippen MR) is 88.0 cm³/mol. The van der Waals surface area contributed by atoms with Crippen LogP contribution in [0.4, 0.5) is 5.69 Å². The second kappa shape index (κ2) is 7.43. The molecule has 2 aromatic carbocycles. The molecule has 0 amide bonds. The van der Waals surface area contributed by atoms with E-state index >= 15 is 0 Å². The molecule has 0 heterocycles. The highest BCUT2D eigenvalue weighted by Gasteiger charge is 2.07. The lowest BCUT2D eigenvalue weighted by Gasteiger charge is -2.13. The summed E-state index contributed by atoms with van der Waals surface area (Å²) >= 11 is 12.1. The summed E-state index contributed by atoms with van der Waals surface area (Å²) in [6, 6.07) is 11.3. The maximum Gasteiger partial charge on any atom is 0.161 e. The summed E-state index contributed by atoms with van der Waals surface area (Å²) in [5.74, 6) is 1.46. The monoisotopic (exact) mass is 325 g/mol. The van der Waals surface area contributed by atoms with E-state index in [0.29, 0.717) is 28.9 Å². The predicted octanol–water partition coefficient (Wildman–Crippen LogP) is 5.01. The second-order valence-electron chi connectivity index (χ2n) is 4.37. The van der Waals surface area contributed by atoms with Crippen LogP contribution in [0.15, 0.2) is 36.4 Å². The van der Waals surface area contributed by atoms with Gasteiger partial charge in [-0.15, -0.1) is 0 Å². The average molecular weight is 326 g/mol. The third-order valence-electron chi connectivity index (χ3n) is 2.96. The third kappa shape index (κ3) is 3.96. The number of anilines is 1. The van der Waals surface area contributed by atoms with Crippen molar-refractivity contribution in [1.29, 1.82) is 0 Å². The fourth-order valence-corrected chi connectivity index (χ4v) is 2.30. The molecule has 21 heavy (non-hydrogen) atoms. The van der Waals surface area contributed by atoms with Crippen molar-refractivity contribution in [1.82, 2.24) is 0 Å². The van der Waals surface area contributed by atoms with Crippen LogP contribution in [0.1, 0.15) is 12.5 Å². The molecule has 0 spiro atoms. The lowest BCUT2D eigenvalue weighted by atomic mass is 10.2. The molecule has 1 N–H and O–H groups in total. The lowest BCUT2D eigenvalue weighted by molar-refractivity contribution is 0.310. The van der Waals surface area contributed by atoms with Gasteiger partial charge in [0.1, 0.15) is 0 Å². The number of hydrogen-bond acceptors (Lipinski definition) is 3. The van der Waals surface area contributed by atoms with Crippen LogP contribution in [0.5, 0.6) is 11.5 Å². The van der Waals surface area contributed by atoms with Crippen molar-refractivity contribution in [2.45, 2.75) is 13.5 Å². The molecule has 3 nitrogen and oxygen atoms in total. The molecule has 0 unspecified atom stereocenters. The topological polar surface area (TPSA) is 30.5 Å². The van der Waals surface area contributed by atoms with Crippen LogP contribution in [0.2, 0.25) is 10.0 Å². The van der Waals surface area contributed by atoms with Gasteiger partial charge >= 0.3 is 0 Å². The van der Waals surface area contributed by atoms with E-state index in [0.717, 1.165) is 17.0 Å². The smallest absolute Gasteiger partial charge is 0.161 e. The van der Waals surface area contributed by atoms with Gasteiger partial charge < -0.3 is 14.8 Å². The van der Waals surface area contributed by atoms with E-state index in [9.17, 15) is 0 Å². The molecule has 0 atom stereocenters. The molecule has 0 bridgehead atoms. The Bertz CT molecular complexity index is 617. The standard InChI is InChI=1S/C16H17Cl2NO2/c1-3-21-14-8-7-11(9-15(14)20-2)10-19-13-6-4-5-12(17)16(13)18/h4-9,19H,3,10H2,1-2H3. The van der Waals surface area contributed by atoms with E-state index in [4.69, 9.17) is 32.7 Å². The van der Waals surface area contributed by atoms with E-state index in [2.05, 4.69) is 5.32 Å². The highest BCUT2D eigenvalue weighted by Crippen LogP contribution is 2.31. The normalized spacial score (nSPS) is 10.3. The fraction of sp³-hybridized carbons (Fsp3) is 0.250. The molecular weight excluding hydrogens is 309 g/mol. The summed E-state index contributed by atoms with van der Waals surface area (Å²) in [5.41, 5.74) is 1.86. The van der Waals surface area contributed by atoms with Crippen LogP contribution < -0.4 is 14.8 Å². The van der Waals surface area contributed by atoms with E-state index in [1.54, 1.807) is 13.2 Å². The Morgan fingerprint density at radius 3 is 2.62 bits per heavy atom. The highest BCUT2D eigenvalue weighted by atomic mass is 35.5. The van der Waals surface area contributed by atoms with Crippen LogP contribution >= 0.6 is 23.2 Å². The van der Waals surface area contributed by atoms with E-state index < -0.39 is 0 Å². The molecular formula is C16H17Cl2NO2. The van der Waals surface area contributed by atoms with Crippen LogP contribution in [-0.2, 0) is 6.54 Å². The maximum atomic E-state index is 6.15. The van der Waals surface area contributed by atoms with E-state index in [1.165, 1.54) is 0 Å². The Labute approximate surface area is 134 Å². The molecule has 0 aliphatic heterocycles. The first kappa shape index (κ1) is 15.8. The lowest BCUT2D eigenvalue weighted by Crippen LogP contribution is -2.02. The quantitative estimate of drug-likeness (QED) is 0.809. The zero-order valence-electron chi connectivity index (χ0n) is 12.0. The zero-order chi connectivity index (χ0) is 15.2. The minimum atomic E-state index is 0.525. The van der Waals surface area contributed by atoms with Gasteiger partial charge in [-0.05, 0) is 36.8 Å². The second-order valence-corrected chi connectivity index (χ2v) is 5.16. The SMILES string of the molecule is CCOc1ccc(CNc2cccc(Cl)c2Cl)cc1OC. The first-order valence-corrected chi connectivity index (χ1v) is 7.39. The van der Waals surface area contributed by atoms with Crippen molar-refractivity contribution < 1.29 is 9.47 Å². The minimum Gasteiger partial charge on any atom is -0.493 e. The van der Waals surface area contributed by atoms with Crippen LogP contribution in [0, 0.1) is 0 Å². The molecule has 0 fully saturated rings. The first-order chi connectivity index (χ1) is 10.2. The summed E-state index contributed by atoms with van der Waals surface area (Å²) in [5, 5.41) is 4.32. The molecule has 0 saturated carbocycles. The number of benzene rings is 2. The van der Waals surface area contributed by atoms with Crippen molar-refractivity contribution in [2.75, 3.05) is 19.0 Å². The Morgan fingerprint density at radius 1 is 1.10 bits per heavy atom. The van der Waals surface area contributed by atoms with Gasteiger partial charge in [0.05, 0.1) is 29.4 Å². The molecule has 0 aliphatic rings. The van der Waals surface area contributed by atoms with Gasteiger partial charge in [-0.2, -0.15) is 0 Å².